The Morgan fingerprint density at radius 3 is 2.43 bits per heavy atom. The predicted octanol–water partition coefficient (Wildman–Crippen LogP) is 4.73. The molecule has 0 radical (unpaired) electrons. The van der Waals surface area contributed by atoms with Crippen LogP contribution in [-0.4, -0.2) is 6.04 Å². The number of aryl methyl sites for hydroxylation is 2. The van der Waals surface area contributed by atoms with E-state index < -0.39 is 0 Å². The van der Waals surface area contributed by atoms with Crippen LogP contribution in [0.3, 0.4) is 0 Å². The molecule has 21 heavy (non-hydrogen) atoms. The third-order valence-electron chi connectivity index (χ3n) is 3.34. The third kappa shape index (κ3) is 4.30. The van der Waals surface area contributed by atoms with Crippen molar-refractivity contribution in [1.29, 1.82) is 0 Å². The fourth-order valence-electron chi connectivity index (χ4n) is 1.95. The molecule has 0 aliphatic heterocycles. The second-order valence-electron chi connectivity index (χ2n) is 5.65. The monoisotopic (exact) mass is 287 g/mol. The van der Waals surface area contributed by atoms with E-state index in [4.69, 9.17) is 4.74 Å². The van der Waals surface area contributed by atoms with Gasteiger partial charge < -0.3 is 10.1 Å². The zero-order valence-corrected chi connectivity index (χ0v) is 13.0. The summed E-state index contributed by atoms with van der Waals surface area (Å²) in [6.07, 6.45) is 0. The van der Waals surface area contributed by atoms with Gasteiger partial charge in [-0.05, 0) is 42.7 Å². The molecule has 2 aromatic rings. The Morgan fingerprint density at radius 1 is 1.05 bits per heavy atom. The van der Waals surface area contributed by atoms with Gasteiger partial charge in [-0.2, -0.15) is 0 Å². The zero-order chi connectivity index (χ0) is 15.4. The summed E-state index contributed by atoms with van der Waals surface area (Å²) in [5.74, 6) is 1.04. The molecule has 0 unspecified atom stereocenters. The lowest BCUT2D eigenvalue weighted by Crippen LogP contribution is -2.21. The quantitative estimate of drug-likeness (QED) is 0.858. The molecule has 2 rings (SSSR count). The Hall–Kier alpha value is -1.87. The maximum Gasteiger partial charge on any atom is 0.130 e. The number of nitrogens with one attached hydrogen (secondary N) is 1. The fourth-order valence-corrected chi connectivity index (χ4v) is 1.95. The molecule has 2 aromatic carbocycles. The van der Waals surface area contributed by atoms with Gasteiger partial charge in [0.05, 0.1) is 0 Å². The summed E-state index contributed by atoms with van der Waals surface area (Å²) in [6.45, 7) is 8.74. The van der Waals surface area contributed by atoms with E-state index in [0.717, 1.165) is 23.4 Å². The second-order valence-corrected chi connectivity index (χ2v) is 5.65. The van der Waals surface area contributed by atoms with E-state index in [1.54, 1.807) is 19.1 Å². The Kier molecular flexibility index (Phi) is 4.97. The molecule has 0 saturated heterocycles. The number of benzene rings is 2. The van der Waals surface area contributed by atoms with E-state index in [1.165, 1.54) is 6.07 Å². The molecule has 0 spiro atoms. The molecule has 0 atom stereocenters. The summed E-state index contributed by atoms with van der Waals surface area (Å²) in [6, 6.07) is 11.5. The zero-order valence-electron chi connectivity index (χ0n) is 13.0. The lowest BCUT2D eigenvalue weighted by Gasteiger charge is -2.13. The van der Waals surface area contributed by atoms with Gasteiger partial charge in [0.2, 0.25) is 0 Å². The van der Waals surface area contributed by atoms with Crippen molar-refractivity contribution in [2.75, 3.05) is 0 Å². The first-order valence-electron chi connectivity index (χ1n) is 7.22. The highest BCUT2D eigenvalue weighted by Crippen LogP contribution is 2.27. The van der Waals surface area contributed by atoms with Crippen LogP contribution in [0.2, 0.25) is 0 Å². The maximum atomic E-state index is 13.6. The predicted molar refractivity (Wildman–Crippen MR) is 84.4 cm³/mol. The Morgan fingerprint density at radius 2 is 1.76 bits per heavy atom. The standard InChI is InChI=1S/C18H22FNO/c1-12(2)20-11-15-7-5-14(4)18(9-15)21-16-8-6-13(3)17(19)10-16/h5-10,12,20H,11H2,1-4H3. The molecular weight excluding hydrogens is 265 g/mol. The highest BCUT2D eigenvalue weighted by atomic mass is 19.1. The van der Waals surface area contributed by atoms with Gasteiger partial charge in [0.15, 0.2) is 0 Å². The van der Waals surface area contributed by atoms with E-state index >= 15 is 0 Å². The highest BCUT2D eigenvalue weighted by molar-refractivity contribution is 5.40. The van der Waals surface area contributed by atoms with Gasteiger partial charge in [0, 0.05) is 18.7 Å². The van der Waals surface area contributed by atoms with Gasteiger partial charge in [0.25, 0.3) is 0 Å². The van der Waals surface area contributed by atoms with Crippen LogP contribution in [0.15, 0.2) is 36.4 Å². The molecule has 0 fully saturated rings. The molecule has 3 heteroatoms. The van der Waals surface area contributed by atoms with Crippen LogP contribution >= 0.6 is 0 Å². The second kappa shape index (κ2) is 6.72. The largest absolute Gasteiger partial charge is 0.457 e. The summed E-state index contributed by atoms with van der Waals surface area (Å²) in [7, 11) is 0. The highest BCUT2D eigenvalue weighted by Gasteiger charge is 2.06. The molecular formula is C18H22FNO. The molecule has 0 heterocycles. The molecule has 0 aliphatic rings. The minimum absolute atomic E-state index is 0.247. The number of rotatable bonds is 5. The van der Waals surface area contributed by atoms with E-state index in [2.05, 4.69) is 25.2 Å². The van der Waals surface area contributed by atoms with Crippen molar-refractivity contribution in [3.05, 3.63) is 58.9 Å². The third-order valence-corrected chi connectivity index (χ3v) is 3.34. The molecule has 0 aromatic heterocycles. The SMILES string of the molecule is Cc1ccc(Oc2cc(CNC(C)C)ccc2C)cc1F. The van der Waals surface area contributed by atoms with Gasteiger partial charge in [-0.15, -0.1) is 0 Å². The summed E-state index contributed by atoms with van der Waals surface area (Å²) >= 11 is 0. The van der Waals surface area contributed by atoms with Gasteiger partial charge in [-0.3, -0.25) is 0 Å². The van der Waals surface area contributed by atoms with E-state index in [-0.39, 0.29) is 5.82 Å². The van der Waals surface area contributed by atoms with Crippen LogP contribution in [0.1, 0.15) is 30.5 Å². The average molecular weight is 287 g/mol. The molecule has 0 saturated carbocycles. The number of halogens is 1. The van der Waals surface area contributed by atoms with Crippen molar-refractivity contribution in [2.24, 2.45) is 0 Å². The van der Waals surface area contributed by atoms with Crippen molar-refractivity contribution in [3.63, 3.8) is 0 Å². The van der Waals surface area contributed by atoms with Gasteiger partial charge in [-0.1, -0.05) is 32.0 Å². The minimum atomic E-state index is -0.247. The van der Waals surface area contributed by atoms with Gasteiger partial charge in [0.1, 0.15) is 17.3 Å². The number of hydrogen-bond donors (Lipinski definition) is 1. The van der Waals surface area contributed by atoms with E-state index in [0.29, 0.717) is 17.4 Å². The molecule has 0 amide bonds. The van der Waals surface area contributed by atoms with Gasteiger partial charge >= 0.3 is 0 Å². The van der Waals surface area contributed by atoms with Crippen molar-refractivity contribution in [3.8, 4) is 11.5 Å². The van der Waals surface area contributed by atoms with Crippen LogP contribution in [0.25, 0.3) is 0 Å². The maximum absolute atomic E-state index is 13.6. The van der Waals surface area contributed by atoms with Gasteiger partial charge in [-0.25, -0.2) is 4.39 Å². The first kappa shape index (κ1) is 15.5. The lowest BCUT2D eigenvalue weighted by atomic mass is 10.1. The molecule has 112 valence electrons. The Bertz CT molecular complexity index is 623. The van der Waals surface area contributed by atoms with Crippen LogP contribution in [0, 0.1) is 19.7 Å². The average Bonchev–Trinajstić information content (AvgIpc) is 2.43. The Labute approximate surface area is 126 Å². The summed E-state index contributed by atoms with van der Waals surface area (Å²) in [4.78, 5) is 0. The van der Waals surface area contributed by atoms with Crippen molar-refractivity contribution < 1.29 is 9.13 Å². The number of hydrogen-bond acceptors (Lipinski definition) is 2. The summed E-state index contributed by atoms with van der Waals surface area (Å²) < 4.78 is 19.4. The molecule has 2 nitrogen and oxygen atoms in total. The fraction of sp³-hybridized carbons (Fsp3) is 0.333. The molecule has 0 aliphatic carbocycles. The van der Waals surface area contributed by atoms with Crippen LogP contribution < -0.4 is 10.1 Å². The van der Waals surface area contributed by atoms with Crippen molar-refractivity contribution >= 4 is 0 Å². The molecule has 0 bridgehead atoms. The lowest BCUT2D eigenvalue weighted by molar-refractivity contribution is 0.471. The minimum Gasteiger partial charge on any atom is -0.457 e. The van der Waals surface area contributed by atoms with Crippen LogP contribution in [0.4, 0.5) is 4.39 Å². The first-order chi connectivity index (χ1) is 9.95. The van der Waals surface area contributed by atoms with Crippen LogP contribution in [0.5, 0.6) is 11.5 Å². The molecule has 1 N–H and O–H groups in total. The van der Waals surface area contributed by atoms with E-state index in [1.807, 2.05) is 19.1 Å². The smallest absolute Gasteiger partial charge is 0.130 e. The van der Waals surface area contributed by atoms with Crippen LogP contribution in [-0.2, 0) is 6.54 Å². The summed E-state index contributed by atoms with van der Waals surface area (Å²) in [5.41, 5.74) is 2.80. The number of ether oxygens (including phenoxy) is 1. The topological polar surface area (TPSA) is 21.3 Å². The van der Waals surface area contributed by atoms with Crippen molar-refractivity contribution in [1.82, 2.24) is 5.32 Å². The first-order valence-corrected chi connectivity index (χ1v) is 7.22. The van der Waals surface area contributed by atoms with E-state index in [9.17, 15) is 4.39 Å². The summed E-state index contributed by atoms with van der Waals surface area (Å²) in [5, 5.41) is 3.37. The van der Waals surface area contributed by atoms with Crippen molar-refractivity contribution in [2.45, 2.75) is 40.3 Å². The normalized spacial score (nSPS) is 11.0. The Balaban J connectivity index is 2.18.